The lowest BCUT2D eigenvalue weighted by atomic mass is 9.85. The molecule has 0 saturated heterocycles. The summed E-state index contributed by atoms with van der Waals surface area (Å²) in [5.74, 6) is 1.69. The maximum Gasteiger partial charge on any atom is 0.160 e. The number of nitrogens with zero attached hydrogens (tertiary/aromatic N) is 1. The molecule has 2 rings (SSSR count). The van der Waals surface area contributed by atoms with Crippen LogP contribution in [0.5, 0.6) is 11.5 Å². The number of hydrogen-bond donors (Lipinski definition) is 1. The summed E-state index contributed by atoms with van der Waals surface area (Å²) in [5, 5.41) is 12.7. The zero-order valence-corrected chi connectivity index (χ0v) is 12.9. The molecule has 1 saturated carbocycles. The van der Waals surface area contributed by atoms with Gasteiger partial charge >= 0.3 is 0 Å². The molecular weight excluding hydrogens is 264 g/mol. The molecule has 0 heterocycles. The fourth-order valence-electron chi connectivity index (χ4n) is 2.97. The van der Waals surface area contributed by atoms with E-state index in [9.17, 15) is 5.26 Å². The Morgan fingerprint density at radius 3 is 2.67 bits per heavy atom. The molecule has 0 aromatic heterocycles. The molecule has 0 amide bonds. The van der Waals surface area contributed by atoms with Crippen LogP contribution in [0.4, 0.5) is 0 Å². The van der Waals surface area contributed by atoms with Gasteiger partial charge in [0.15, 0.2) is 11.5 Å². The highest BCUT2D eigenvalue weighted by Gasteiger charge is 2.23. The van der Waals surface area contributed by atoms with E-state index in [1.54, 1.807) is 14.2 Å². The van der Waals surface area contributed by atoms with Gasteiger partial charge in [-0.25, -0.2) is 0 Å². The monoisotopic (exact) mass is 288 g/mol. The molecular formula is C17H24N2O2. The standard InChI is InChI=1S/C17H24N2O2/c1-20-16-8-7-13(11-17(16)21-2)9-10-19-15-6-4-3-5-14(15)12-18/h7-8,11,14-15,19H,3-6,9-10H2,1-2H3. The van der Waals surface area contributed by atoms with Crippen molar-refractivity contribution in [1.29, 1.82) is 5.26 Å². The Morgan fingerprint density at radius 1 is 1.19 bits per heavy atom. The van der Waals surface area contributed by atoms with Crippen molar-refractivity contribution in [1.82, 2.24) is 5.32 Å². The third kappa shape index (κ3) is 4.12. The number of hydrogen-bond acceptors (Lipinski definition) is 4. The van der Waals surface area contributed by atoms with Crippen molar-refractivity contribution in [2.24, 2.45) is 5.92 Å². The van der Waals surface area contributed by atoms with E-state index in [0.717, 1.165) is 37.3 Å². The van der Waals surface area contributed by atoms with Gasteiger partial charge in [0.05, 0.1) is 26.2 Å². The maximum atomic E-state index is 9.18. The molecule has 1 aliphatic rings. The SMILES string of the molecule is COc1ccc(CCNC2CCCCC2C#N)cc1OC. The Kier molecular flexibility index (Phi) is 5.89. The van der Waals surface area contributed by atoms with Crippen LogP contribution >= 0.6 is 0 Å². The van der Waals surface area contributed by atoms with E-state index in [0.29, 0.717) is 6.04 Å². The van der Waals surface area contributed by atoms with E-state index in [-0.39, 0.29) is 5.92 Å². The van der Waals surface area contributed by atoms with Crippen LogP contribution in [0, 0.1) is 17.2 Å². The molecule has 4 heteroatoms. The number of ether oxygens (including phenoxy) is 2. The molecule has 0 bridgehead atoms. The van der Waals surface area contributed by atoms with Crippen molar-refractivity contribution in [3.05, 3.63) is 23.8 Å². The van der Waals surface area contributed by atoms with E-state index in [2.05, 4.69) is 17.5 Å². The lowest BCUT2D eigenvalue weighted by Gasteiger charge is -2.27. The minimum atomic E-state index is 0.171. The normalized spacial score (nSPS) is 21.6. The van der Waals surface area contributed by atoms with Crippen LogP contribution in [0.15, 0.2) is 18.2 Å². The number of benzene rings is 1. The van der Waals surface area contributed by atoms with E-state index >= 15 is 0 Å². The summed E-state index contributed by atoms with van der Waals surface area (Å²) in [6, 6.07) is 8.80. The Balaban J connectivity index is 1.87. The predicted molar refractivity (Wildman–Crippen MR) is 82.6 cm³/mol. The van der Waals surface area contributed by atoms with Crippen LogP contribution in [0.2, 0.25) is 0 Å². The Labute approximate surface area is 127 Å². The van der Waals surface area contributed by atoms with Gasteiger partial charge in [-0.05, 0) is 43.5 Å². The lowest BCUT2D eigenvalue weighted by Crippen LogP contribution is -2.38. The first kappa shape index (κ1) is 15.7. The molecule has 1 aromatic rings. The Hall–Kier alpha value is -1.73. The van der Waals surface area contributed by atoms with Crippen molar-refractivity contribution in [3.63, 3.8) is 0 Å². The van der Waals surface area contributed by atoms with Gasteiger partial charge in [-0.2, -0.15) is 5.26 Å². The molecule has 1 fully saturated rings. The van der Waals surface area contributed by atoms with Gasteiger partial charge in [-0.1, -0.05) is 18.9 Å². The van der Waals surface area contributed by atoms with Crippen LogP contribution in [-0.2, 0) is 6.42 Å². The molecule has 2 unspecified atom stereocenters. The average Bonchev–Trinajstić information content (AvgIpc) is 2.55. The smallest absolute Gasteiger partial charge is 0.160 e. The third-order valence-corrected chi connectivity index (χ3v) is 4.20. The molecule has 0 radical (unpaired) electrons. The summed E-state index contributed by atoms with van der Waals surface area (Å²) in [6.07, 6.45) is 5.49. The van der Waals surface area contributed by atoms with Crippen LogP contribution < -0.4 is 14.8 Å². The first-order valence-corrected chi connectivity index (χ1v) is 7.62. The second-order valence-electron chi connectivity index (χ2n) is 5.52. The van der Waals surface area contributed by atoms with Crippen molar-refractivity contribution in [2.45, 2.75) is 38.1 Å². The summed E-state index contributed by atoms with van der Waals surface area (Å²) < 4.78 is 10.6. The van der Waals surface area contributed by atoms with Crippen molar-refractivity contribution in [2.75, 3.05) is 20.8 Å². The first-order valence-electron chi connectivity index (χ1n) is 7.62. The van der Waals surface area contributed by atoms with E-state index in [4.69, 9.17) is 9.47 Å². The van der Waals surface area contributed by atoms with E-state index in [1.165, 1.54) is 18.4 Å². The van der Waals surface area contributed by atoms with Gasteiger partial charge in [-0.3, -0.25) is 0 Å². The molecule has 0 spiro atoms. The third-order valence-electron chi connectivity index (χ3n) is 4.20. The second kappa shape index (κ2) is 7.90. The fraction of sp³-hybridized carbons (Fsp3) is 0.588. The van der Waals surface area contributed by atoms with E-state index < -0.39 is 0 Å². The zero-order chi connectivity index (χ0) is 15.1. The Morgan fingerprint density at radius 2 is 1.95 bits per heavy atom. The van der Waals surface area contributed by atoms with Gasteiger partial charge in [0.1, 0.15) is 0 Å². The number of methoxy groups -OCH3 is 2. The van der Waals surface area contributed by atoms with Gasteiger partial charge < -0.3 is 14.8 Å². The highest BCUT2D eigenvalue weighted by Crippen LogP contribution is 2.28. The Bertz CT molecular complexity index is 496. The number of nitrogens with one attached hydrogen (secondary N) is 1. The van der Waals surface area contributed by atoms with Crippen LogP contribution in [0.3, 0.4) is 0 Å². The minimum absolute atomic E-state index is 0.171. The molecule has 1 N–H and O–H groups in total. The molecule has 114 valence electrons. The zero-order valence-electron chi connectivity index (χ0n) is 12.9. The summed E-state index contributed by atoms with van der Waals surface area (Å²) in [7, 11) is 3.30. The van der Waals surface area contributed by atoms with Crippen molar-refractivity contribution < 1.29 is 9.47 Å². The summed E-state index contributed by atoms with van der Waals surface area (Å²) >= 11 is 0. The number of rotatable bonds is 6. The first-order chi connectivity index (χ1) is 10.3. The van der Waals surface area contributed by atoms with Crippen LogP contribution in [0.1, 0.15) is 31.2 Å². The maximum absolute atomic E-state index is 9.18. The highest BCUT2D eigenvalue weighted by molar-refractivity contribution is 5.42. The number of nitriles is 1. The average molecular weight is 288 g/mol. The topological polar surface area (TPSA) is 54.3 Å². The van der Waals surface area contributed by atoms with Crippen molar-refractivity contribution >= 4 is 0 Å². The summed E-state index contributed by atoms with van der Waals surface area (Å²) in [6.45, 7) is 0.887. The molecule has 21 heavy (non-hydrogen) atoms. The molecule has 1 aromatic carbocycles. The minimum Gasteiger partial charge on any atom is -0.493 e. The summed E-state index contributed by atoms with van der Waals surface area (Å²) in [5.41, 5.74) is 1.21. The van der Waals surface area contributed by atoms with Crippen LogP contribution in [-0.4, -0.2) is 26.8 Å². The van der Waals surface area contributed by atoms with Gasteiger partial charge in [0.2, 0.25) is 0 Å². The van der Waals surface area contributed by atoms with Gasteiger partial charge in [-0.15, -0.1) is 0 Å². The molecule has 1 aliphatic carbocycles. The molecule has 4 nitrogen and oxygen atoms in total. The van der Waals surface area contributed by atoms with Gasteiger partial charge in [0.25, 0.3) is 0 Å². The quantitative estimate of drug-likeness (QED) is 0.874. The van der Waals surface area contributed by atoms with E-state index in [1.807, 2.05) is 12.1 Å². The molecule has 0 aliphatic heterocycles. The largest absolute Gasteiger partial charge is 0.493 e. The fourth-order valence-corrected chi connectivity index (χ4v) is 2.97. The van der Waals surface area contributed by atoms with Crippen molar-refractivity contribution in [3.8, 4) is 17.6 Å². The molecule has 2 atom stereocenters. The predicted octanol–water partition coefficient (Wildman–Crippen LogP) is 2.92. The highest BCUT2D eigenvalue weighted by atomic mass is 16.5. The summed E-state index contributed by atoms with van der Waals surface area (Å²) in [4.78, 5) is 0. The van der Waals surface area contributed by atoms with Crippen LogP contribution in [0.25, 0.3) is 0 Å². The van der Waals surface area contributed by atoms with Gasteiger partial charge in [0, 0.05) is 6.04 Å². The second-order valence-corrected chi connectivity index (χ2v) is 5.52. The lowest BCUT2D eigenvalue weighted by molar-refractivity contribution is 0.314.